The minimum atomic E-state index is -1.32. The van der Waals surface area contributed by atoms with E-state index in [4.69, 9.17) is 4.74 Å². The van der Waals surface area contributed by atoms with E-state index in [0.29, 0.717) is 32.5 Å². The van der Waals surface area contributed by atoms with Gasteiger partial charge in [0.25, 0.3) is 0 Å². The molecule has 0 saturated carbocycles. The third-order valence-corrected chi connectivity index (χ3v) is 5.60. The molecule has 1 heterocycles. The summed E-state index contributed by atoms with van der Waals surface area (Å²) in [4.78, 5) is 27.9. The van der Waals surface area contributed by atoms with Crippen LogP contribution in [-0.2, 0) is 20.3 Å². The van der Waals surface area contributed by atoms with E-state index in [0.717, 1.165) is 0 Å². The molecule has 0 radical (unpaired) electrons. The molecular formula is C16H28N2O4S. The third kappa shape index (κ3) is 4.80. The predicted molar refractivity (Wildman–Crippen MR) is 91.7 cm³/mol. The molecule has 0 unspecified atom stereocenters. The van der Waals surface area contributed by atoms with Crippen LogP contribution in [0.1, 0.15) is 33.6 Å². The highest BCUT2D eigenvalue weighted by molar-refractivity contribution is 7.86. The first-order chi connectivity index (χ1) is 10.5. The topological polar surface area (TPSA) is 66.9 Å². The molecule has 132 valence electrons. The third-order valence-electron chi connectivity index (χ3n) is 3.91. The summed E-state index contributed by atoms with van der Waals surface area (Å²) in [6.45, 7) is 10.2. The molecule has 0 bridgehead atoms. The van der Waals surface area contributed by atoms with E-state index in [9.17, 15) is 13.8 Å². The van der Waals surface area contributed by atoms with E-state index in [-0.39, 0.29) is 12.0 Å². The van der Waals surface area contributed by atoms with Crippen molar-refractivity contribution < 1.29 is 18.5 Å². The molecule has 1 aliphatic rings. The van der Waals surface area contributed by atoms with Gasteiger partial charge in [-0.25, -0.2) is 4.79 Å². The number of likely N-dealkylation sites (N-methyl/N-ethyl adjacent to an activating group) is 1. The number of hydrogen-bond donors (Lipinski definition) is 0. The second kappa shape index (κ2) is 7.47. The fourth-order valence-corrected chi connectivity index (χ4v) is 3.78. The van der Waals surface area contributed by atoms with Gasteiger partial charge in [-0.05, 0) is 33.6 Å². The summed E-state index contributed by atoms with van der Waals surface area (Å²) < 4.78 is 16.7. The summed E-state index contributed by atoms with van der Waals surface area (Å²) in [5.74, 6) is -0.151. The summed E-state index contributed by atoms with van der Waals surface area (Å²) >= 11 is 0. The number of likely N-dealkylation sites (tertiary alicyclic amines) is 1. The number of carbonyl (C=O) groups excluding carboxylic acids is 2. The van der Waals surface area contributed by atoms with Gasteiger partial charge in [0.1, 0.15) is 10.3 Å². The van der Waals surface area contributed by atoms with Gasteiger partial charge in [0.2, 0.25) is 5.91 Å². The summed E-state index contributed by atoms with van der Waals surface area (Å²) in [5, 5.41) is 0. The lowest BCUT2D eigenvalue weighted by atomic mass is 9.94. The maximum absolute atomic E-state index is 12.7. The molecule has 0 spiro atoms. The lowest BCUT2D eigenvalue weighted by Crippen LogP contribution is -2.57. The molecule has 6 nitrogen and oxygen atoms in total. The van der Waals surface area contributed by atoms with Crippen LogP contribution in [0, 0.1) is 0 Å². The van der Waals surface area contributed by atoms with Gasteiger partial charge in [-0.2, -0.15) is 0 Å². The first-order valence-corrected chi connectivity index (χ1v) is 9.27. The van der Waals surface area contributed by atoms with Crippen LogP contribution < -0.4 is 0 Å². The smallest absolute Gasteiger partial charge is 0.410 e. The van der Waals surface area contributed by atoms with Gasteiger partial charge in [0.15, 0.2) is 0 Å². The van der Waals surface area contributed by atoms with Crippen LogP contribution in [-0.4, -0.2) is 69.3 Å². The fraction of sp³-hybridized carbons (Fsp3) is 0.750. The van der Waals surface area contributed by atoms with Gasteiger partial charge in [-0.15, -0.1) is 6.58 Å². The molecule has 0 aromatic carbocycles. The van der Waals surface area contributed by atoms with Crippen LogP contribution in [0.2, 0.25) is 0 Å². The average molecular weight is 344 g/mol. The quantitative estimate of drug-likeness (QED) is 0.729. The Balaban J connectivity index is 2.82. The Labute approximate surface area is 141 Å². The zero-order valence-electron chi connectivity index (χ0n) is 14.8. The molecule has 1 atom stereocenters. The van der Waals surface area contributed by atoms with Crippen LogP contribution in [0.5, 0.6) is 0 Å². The summed E-state index contributed by atoms with van der Waals surface area (Å²) in [5.41, 5.74) is -0.556. The second-order valence-corrected chi connectivity index (χ2v) is 8.58. The minimum absolute atomic E-state index is 0.151. The highest BCUT2D eigenvalue weighted by Crippen LogP contribution is 2.30. The Morgan fingerprint density at radius 1 is 1.35 bits per heavy atom. The van der Waals surface area contributed by atoms with Crippen LogP contribution in [0.4, 0.5) is 4.79 Å². The van der Waals surface area contributed by atoms with Crippen molar-refractivity contribution in [3.05, 3.63) is 12.7 Å². The molecule has 0 N–H and O–H groups in total. The van der Waals surface area contributed by atoms with Gasteiger partial charge >= 0.3 is 6.09 Å². The largest absolute Gasteiger partial charge is 0.444 e. The lowest BCUT2D eigenvalue weighted by Gasteiger charge is -2.41. The Bertz CT molecular complexity index is 491. The first kappa shape index (κ1) is 19.7. The highest BCUT2D eigenvalue weighted by Gasteiger charge is 2.47. The van der Waals surface area contributed by atoms with E-state index < -0.39 is 21.1 Å². The second-order valence-electron chi connectivity index (χ2n) is 6.89. The number of carbonyl (C=O) groups is 2. The Kier molecular flexibility index (Phi) is 6.39. The number of rotatable bonds is 4. The Morgan fingerprint density at radius 3 is 2.26 bits per heavy atom. The molecule has 1 aliphatic heterocycles. The van der Waals surface area contributed by atoms with Crippen molar-refractivity contribution in [2.75, 3.05) is 32.9 Å². The monoisotopic (exact) mass is 344 g/mol. The van der Waals surface area contributed by atoms with Gasteiger partial charge in [-0.1, -0.05) is 6.08 Å². The molecule has 1 fully saturated rings. The molecule has 1 saturated heterocycles. The molecule has 0 aromatic rings. The van der Waals surface area contributed by atoms with Gasteiger partial charge in [0.05, 0.1) is 0 Å². The van der Waals surface area contributed by atoms with E-state index in [1.165, 1.54) is 4.90 Å². The van der Waals surface area contributed by atoms with Gasteiger partial charge in [0, 0.05) is 43.7 Å². The molecule has 2 amide bonds. The SMILES string of the molecule is C=CCN(C)C(=O)C1([S@@](C)=O)CCN(C(=O)OC(C)(C)C)CC1. The summed E-state index contributed by atoms with van der Waals surface area (Å²) in [6, 6.07) is 0. The van der Waals surface area contributed by atoms with Gasteiger partial charge < -0.3 is 14.5 Å². The zero-order chi connectivity index (χ0) is 17.8. The molecule has 0 aromatic heterocycles. The van der Waals surface area contributed by atoms with E-state index in [1.54, 1.807) is 24.3 Å². The maximum atomic E-state index is 12.7. The lowest BCUT2D eigenvalue weighted by molar-refractivity contribution is -0.133. The normalized spacial score (nSPS) is 18.9. The number of hydrogen-bond acceptors (Lipinski definition) is 4. The molecule has 23 heavy (non-hydrogen) atoms. The van der Waals surface area contributed by atoms with E-state index in [1.807, 2.05) is 20.8 Å². The zero-order valence-corrected chi connectivity index (χ0v) is 15.6. The van der Waals surface area contributed by atoms with E-state index in [2.05, 4.69) is 6.58 Å². The van der Waals surface area contributed by atoms with Crippen molar-refractivity contribution in [3.8, 4) is 0 Å². The average Bonchev–Trinajstić information content (AvgIpc) is 2.44. The number of nitrogens with zero attached hydrogens (tertiary/aromatic N) is 2. The fourth-order valence-electron chi connectivity index (χ4n) is 2.63. The maximum Gasteiger partial charge on any atom is 0.410 e. The minimum Gasteiger partial charge on any atom is -0.444 e. The van der Waals surface area contributed by atoms with Crippen LogP contribution in [0.15, 0.2) is 12.7 Å². The van der Waals surface area contributed by atoms with Crippen molar-refractivity contribution in [3.63, 3.8) is 0 Å². The highest BCUT2D eigenvalue weighted by atomic mass is 32.2. The number of ether oxygens (including phenoxy) is 1. The van der Waals surface area contributed by atoms with Gasteiger partial charge in [-0.3, -0.25) is 9.00 Å². The summed E-state index contributed by atoms with van der Waals surface area (Å²) in [6.07, 6.45) is 3.55. The standard InChI is InChI=1S/C16H28N2O4S/c1-7-10-17(5)13(19)16(23(6)21)8-11-18(12-9-16)14(20)22-15(2,3)4/h7H,1,8-12H2,2-6H3/t23-/m1/s1. The van der Waals surface area contributed by atoms with Crippen LogP contribution in [0.25, 0.3) is 0 Å². The van der Waals surface area contributed by atoms with Crippen LogP contribution >= 0.6 is 0 Å². The number of amides is 2. The van der Waals surface area contributed by atoms with Crippen molar-refractivity contribution in [1.82, 2.24) is 9.80 Å². The number of piperidine rings is 1. The Morgan fingerprint density at radius 2 is 1.87 bits per heavy atom. The first-order valence-electron chi connectivity index (χ1n) is 7.71. The molecule has 7 heteroatoms. The van der Waals surface area contributed by atoms with Crippen molar-refractivity contribution in [1.29, 1.82) is 0 Å². The summed E-state index contributed by atoms with van der Waals surface area (Å²) in [7, 11) is 0.363. The van der Waals surface area contributed by atoms with Crippen molar-refractivity contribution in [2.24, 2.45) is 0 Å². The molecular weight excluding hydrogens is 316 g/mol. The van der Waals surface area contributed by atoms with E-state index >= 15 is 0 Å². The molecule has 0 aliphatic carbocycles. The van der Waals surface area contributed by atoms with Crippen LogP contribution in [0.3, 0.4) is 0 Å². The molecule has 1 rings (SSSR count). The predicted octanol–water partition coefficient (Wildman–Crippen LogP) is 1.78. The van der Waals surface area contributed by atoms with Crippen molar-refractivity contribution in [2.45, 2.75) is 44.0 Å². The Hall–Kier alpha value is -1.37. The van der Waals surface area contributed by atoms with Crippen molar-refractivity contribution >= 4 is 22.8 Å².